The number of benzene rings is 2. The van der Waals surface area contributed by atoms with Crippen molar-refractivity contribution in [1.29, 1.82) is 0 Å². The minimum absolute atomic E-state index is 0.105. The van der Waals surface area contributed by atoms with Gasteiger partial charge in [0.15, 0.2) is 0 Å². The summed E-state index contributed by atoms with van der Waals surface area (Å²) < 4.78 is 31.6. The first kappa shape index (κ1) is 26.5. The van der Waals surface area contributed by atoms with Crippen molar-refractivity contribution in [2.24, 2.45) is 0 Å². The summed E-state index contributed by atoms with van der Waals surface area (Å²) in [5, 5.41) is 2.93. The number of amides is 2. The quantitative estimate of drug-likeness (QED) is 0.546. The number of carbonyl (C=O) groups excluding carboxylic acids is 2. The molecule has 0 aromatic heterocycles. The van der Waals surface area contributed by atoms with Gasteiger partial charge in [-0.2, -0.15) is 0 Å². The van der Waals surface area contributed by atoms with Gasteiger partial charge in [-0.25, -0.2) is 8.42 Å². The van der Waals surface area contributed by atoms with E-state index in [9.17, 15) is 18.0 Å². The molecule has 2 amide bonds. The van der Waals surface area contributed by atoms with E-state index in [1.807, 2.05) is 6.07 Å². The van der Waals surface area contributed by atoms with E-state index in [0.717, 1.165) is 16.1 Å². The van der Waals surface area contributed by atoms with Crippen molar-refractivity contribution >= 4 is 39.1 Å². The molecule has 33 heavy (non-hydrogen) atoms. The lowest BCUT2D eigenvalue weighted by atomic mass is 10.1. The second-order valence-electron chi connectivity index (χ2n) is 7.61. The maximum Gasteiger partial charge on any atom is 0.244 e. The summed E-state index contributed by atoms with van der Waals surface area (Å²) in [6.45, 7) is 3.16. The molecule has 0 radical (unpaired) electrons. The van der Waals surface area contributed by atoms with E-state index in [1.54, 1.807) is 51.3 Å². The number of methoxy groups -OCH3 is 1. The Labute approximate surface area is 200 Å². The van der Waals surface area contributed by atoms with Crippen LogP contribution in [-0.4, -0.2) is 58.1 Å². The zero-order valence-electron chi connectivity index (χ0n) is 19.5. The monoisotopic (exact) mass is 495 g/mol. The number of nitrogens with zero attached hydrogens (tertiary/aromatic N) is 2. The van der Waals surface area contributed by atoms with E-state index >= 15 is 0 Å². The molecule has 0 fully saturated rings. The minimum atomic E-state index is -3.82. The molecule has 0 aliphatic rings. The normalized spacial score (nSPS) is 12.1. The SMILES string of the molecule is CC[C@H](C(=O)NC)N(Cc1cccc(OC)c1)C(=O)CN(c1cc(Cl)ccc1C)S(C)(=O)=O. The summed E-state index contributed by atoms with van der Waals surface area (Å²) in [5.41, 5.74) is 1.71. The summed E-state index contributed by atoms with van der Waals surface area (Å²) in [5.74, 6) is -0.239. The fraction of sp³-hybridized carbons (Fsp3) is 0.391. The fourth-order valence-electron chi connectivity index (χ4n) is 3.50. The van der Waals surface area contributed by atoms with E-state index in [-0.39, 0.29) is 12.5 Å². The molecule has 1 atom stereocenters. The average Bonchev–Trinajstić information content (AvgIpc) is 2.78. The average molecular weight is 496 g/mol. The Morgan fingerprint density at radius 1 is 1.18 bits per heavy atom. The molecule has 180 valence electrons. The maximum absolute atomic E-state index is 13.5. The highest BCUT2D eigenvalue weighted by atomic mass is 35.5. The third kappa shape index (κ3) is 6.85. The molecule has 0 spiro atoms. The number of rotatable bonds is 10. The van der Waals surface area contributed by atoms with Crippen LogP contribution in [0, 0.1) is 6.92 Å². The van der Waals surface area contributed by atoms with Gasteiger partial charge in [0.25, 0.3) is 0 Å². The van der Waals surface area contributed by atoms with Crippen LogP contribution < -0.4 is 14.4 Å². The number of hydrogen-bond acceptors (Lipinski definition) is 5. The smallest absolute Gasteiger partial charge is 0.244 e. The molecular formula is C23H30ClN3O5S. The minimum Gasteiger partial charge on any atom is -0.497 e. The van der Waals surface area contributed by atoms with Crippen LogP contribution in [0.15, 0.2) is 42.5 Å². The van der Waals surface area contributed by atoms with Crippen LogP contribution in [0.4, 0.5) is 5.69 Å². The molecular weight excluding hydrogens is 466 g/mol. The van der Waals surface area contributed by atoms with E-state index in [1.165, 1.54) is 18.0 Å². The predicted octanol–water partition coefficient (Wildman–Crippen LogP) is 2.98. The highest BCUT2D eigenvalue weighted by Crippen LogP contribution is 2.27. The first-order chi connectivity index (χ1) is 15.5. The highest BCUT2D eigenvalue weighted by Gasteiger charge is 2.31. The second kappa shape index (κ2) is 11.4. The number of likely N-dealkylation sites (N-methyl/N-ethyl adjacent to an activating group) is 1. The Hall–Kier alpha value is -2.78. The standard InChI is InChI=1S/C23H30ClN3O5S/c1-6-20(23(29)25-3)26(14-17-8-7-9-19(12-17)32-4)22(28)15-27(33(5,30)31)21-13-18(24)11-10-16(21)2/h7-13,20H,6,14-15H2,1-5H3,(H,25,29)/t20-/m1/s1. The molecule has 8 nitrogen and oxygen atoms in total. The van der Waals surface area contributed by atoms with Crippen molar-refractivity contribution in [3.05, 3.63) is 58.6 Å². The molecule has 10 heteroatoms. The van der Waals surface area contributed by atoms with Gasteiger partial charge in [0, 0.05) is 18.6 Å². The Bertz CT molecular complexity index is 1110. The molecule has 2 aromatic carbocycles. The van der Waals surface area contributed by atoms with Crippen LogP contribution in [0.3, 0.4) is 0 Å². The maximum atomic E-state index is 13.5. The van der Waals surface area contributed by atoms with Gasteiger partial charge >= 0.3 is 0 Å². The largest absolute Gasteiger partial charge is 0.497 e. The Balaban J connectivity index is 2.48. The van der Waals surface area contributed by atoms with Crippen molar-refractivity contribution < 1.29 is 22.7 Å². The lowest BCUT2D eigenvalue weighted by molar-refractivity contribution is -0.140. The van der Waals surface area contributed by atoms with E-state index in [4.69, 9.17) is 16.3 Å². The van der Waals surface area contributed by atoms with Crippen LogP contribution in [0.25, 0.3) is 0 Å². The van der Waals surface area contributed by atoms with Crippen LogP contribution in [-0.2, 0) is 26.2 Å². The van der Waals surface area contributed by atoms with Crippen molar-refractivity contribution in [1.82, 2.24) is 10.2 Å². The molecule has 0 unspecified atom stereocenters. The zero-order valence-corrected chi connectivity index (χ0v) is 21.0. The van der Waals surface area contributed by atoms with E-state index < -0.39 is 28.5 Å². The molecule has 0 saturated heterocycles. The molecule has 0 aliphatic carbocycles. The second-order valence-corrected chi connectivity index (χ2v) is 9.96. The van der Waals surface area contributed by atoms with Gasteiger partial charge in [-0.3, -0.25) is 13.9 Å². The lowest BCUT2D eigenvalue weighted by Crippen LogP contribution is -2.51. The van der Waals surface area contributed by atoms with E-state index in [2.05, 4.69) is 5.32 Å². The number of halogens is 1. The fourth-order valence-corrected chi connectivity index (χ4v) is 4.56. The summed E-state index contributed by atoms with van der Waals surface area (Å²) in [6.07, 6.45) is 1.38. The molecule has 0 aliphatic heterocycles. The number of sulfonamides is 1. The van der Waals surface area contributed by atoms with Gasteiger partial charge in [-0.1, -0.05) is 36.7 Å². The molecule has 0 saturated carbocycles. The number of hydrogen-bond donors (Lipinski definition) is 1. The third-order valence-electron chi connectivity index (χ3n) is 5.24. The van der Waals surface area contributed by atoms with Gasteiger partial charge in [0.1, 0.15) is 18.3 Å². The Morgan fingerprint density at radius 2 is 1.88 bits per heavy atom. The van der Waals surface area contributed by atoms with Gasteiger partial charge in [-0.15, -0.1) is 0 Å². The number of ether oxygens (including phenoxy) is 1. The topological polar surface area (TPSA) is 96.0 Å². The first-order valence-electron chi connectivity index (χ1n) is 10.4. The third-order valence-corrected chi connectivity index (χ3v) is 6.60. The van der Waals surface area contributed by atoms with Crippen molar-refractivity contribution in [2.75, 3.05) is 31.3 Å². The highest BCUT2D eigenvalue weighted by molar-refractivity contribution is 7.92. The predicted molar refractivity (Wildman–Crippen MR) is 130 cm³/mol. The zero-order chi connectivity index (χ0) is 24.8. The molecule has 0 bridgehead atoms. The lowest BCUT2D eigenvalue weighted by Gasteiger charge is -2.33. The van der Waals surface area contributed by atoms with Crippen LogP contribution in [0.5, 0.6) is 5.75 Å². The molecule has 2 aromatic rings. The van der Waals surface area contributed by atoms with Crippen LogP contribution in [0.2, 0.25) is 5.02 Å². The van der Waals surface area contributed by atoms with Gasteiger partial charge in [0.2, 0.25) is 21.8 Å². The van der Waals surface area contributed by atoms with Gasteiger partial charge < -0.3 is 15.0 Å². The summed E-state index contributed by atoms with van der Waals surface area (Å²) >= 11 is 6.10. The summed E-state index contributed by atoms with van der Waals surface area (Å²) in [7, 11) is -0.783. The van der Waals surface area contributed by atoms with Crippen molar-refractivity contribution in [2.45, 2.75) is 32.9 Å². The van der Waals surface area contributed by atoms with Gasteiger partial charge in [0.05, 0.1) is 19.1 Å². The Morgan fingerprint density at radius 3 is 2.45 bits per heavy atom. The molecule has 0 heterocycles. The molecule has 1 N–H and O–H groups in total. The number of aryl methyl sites for hydroxylation is 1. The van der Waals surface area contributed by atoms with Crippen LogP contribution >= 0.6 is 11.6 Å². The number of anilines is 1. The van der Waals surface area contributed by atoms with Crippen molar-refractivity contribution in [3.8, 4) is 5.75 Å². The van der Waals surface area contributed by atoms with Gasteiger partial charge in [-0.05, 0) is 48.7 Å². The van der Waals surface area contributed by atoms with Crippen molar-refractivity contribution in [3.63, 3.8) is 0 Å². The van der Waals surface area contributed by atoms with E-state index in [0.29, 0.717) is 28.4 Å². The Kier molecular flexibility index (Phi) is 9.13. The summed E-state index contributed by atoms with van der Waals surface area (Å²) in [6, 6.07) is 11.2. The molecule has 2 rings (SSSR count). The number of nitrogens with one attached hydrogen (secondary N) is 1. The number of carbonyl (C=O) groups is 2. The van der Waals surface area contributed by atoms with Crippen LogP contribution in [0.1, 0.15) is 24.5 Å². The summed E-state index contributed by atoms with van der Waals surface area (Å²) in [4.78, 5) is 27.5. The first-order valence-corrected chi connectivity index (χ1v) is 12.6.